The minimum atomic E-state index is -0.383. The van der Waals surface area contributed by atoms with Gasteiger partial charge in [0.15, 0.2) is 0 Å². The Bertz CT molecular complexity index is 3550. The summed E-state index contributed by atoms with van der Waals surface area (Å²) in [6, 6.07) is 62.1. The molecule has 0 saturated heterocycles. The molecule has 2 aliphatic rings. The van der Waals surface area contributed by atoms with E-state index in [1.54, 1.807) is 0 Å². The highest BCUT2D eigenvalue weighted by atomic mass is 15.3. The van der Waals surface area contributed by atoms with Crippen molar-refractivity contribution < 1.29 is 0 Å². The summed E-state index contributed by atoms with van der Waals surface area (Å²) in [6.45, 7) is 14.0. The number of nitrogens with zero attached hydrogens (tertiary/aromatic N) is 5. The van der Waals surface area contributed by atoms with E-state index < -0.39 is 0 Å². The zero-order valence-corrected chi connectivity index (χ0v) is 37.0. The molecule has 2 aliphatic heterocycles. The van der Waals surface area contributed by atoms with Crippen LogP contribution in [0.15, 0.2) is 186 Å². The SMILES string of the molecule is CC(C)(C)c1c(-c2ccccc2)c2c(c(-c3nnnc(-c4ccccc4)c3-c3ccccc3-c3ccccc3-c3ccccc3)c1C(C)(C)C)-c1c3c(ccc1=N2)=c1ccccc1=N3. The first-order chi connectivity index (χ1) is 31.1. The van der Waals surface area contributed by atoms with Gasteiger partial charge >= 0.3 is 0 Å². The largest absolute Gasteiger partial charge is 0.247 e. The Hall–Kier alpha value is -7.63. The van der Waals surface area contributed by atoms with Crippen molar-refractivity contribution in [3.05, 3.63) is 208 Å². The van der Waals surface area contributed by atoms with Gasteiger partial charge in [-0.3, -0.25) is 0 Å². The topological polar surface area (TPSA) is 63.4 Å². The first-order valence-electron chi connectivity index (χ1n) is 22.1. The Morgan fingerprint density at radius 3 is 1.47 bits per heavy atom. The number of rotatable bonds is 6. The highest BCUT2D eigenvalue weighted by molar-refractivity contribution is 6.09. The van der Waals surface area contributed by atoms with Crippen molar-refractivity contribution in [3.63, 3.8) is 0 Å². The lowest BCUT2D eigenvalue weighted by Gasteiger charge is -2.36. The minimum absolute atomic E-state index is 0.320. The molecule has 0 atom stereocenters. The lowest BCUT2D eigenvalue weighted by molar-refractivity contribution is 0.533. The lowest BCUT2D eigenvalue weighted by Crippen LogP contribution is -2.25. The van der Waals surface area contributed by atoms with E-state index in [-0.39, 0.29) is 10.8 Å². The van der Waals surface area contributed by atoms with E-state index in [9.17, 15) is 0 Å². The van der Waals surface area contributed by atoms with Gasteiger partial charge in [-0.05, 0) is 78.8 Å². The molecule has 5 nitrogen and oxygen atoms in total. The van der Waals surface area contributed by atoms with E-state index in [2.05, 4.69) is 211 Å². The third-order valence-corrected chi connectivity index (χ3v) is 12.6. The van der Waals surface area contributed by atoms with E-state index in [1.165, 1.54) is 11.1 Å². The Kier molecular flexibility index (Phi) is 9.21. The van der Waals surface area contributed by atoms with Crippen LogP contribution in [0, 0.1) is 10.4 Å². The molecule has 0 spiro atoms. The van der Waals surface area contributed by atoms with E-state index >= 15 is 0 Å². The monoisotopic (exact) mass is 825 g/mol. The first-order valence-corrected chi connectivity index (χ1v) is 22.1. The van der Waals surface area contributed by atoms with Crippen LogP contribution >= 0.6 is 0 Å². The van der Waals surface area contributed by atoms with Crippen LogP contribution in [0.3, 0.4) is 0 Å². The van der Waals surface area contributed by atoms with Crippen LogP contribution in [0.4, 0.5) is 11.4 Å². The highest BCUT2D eigenvalue weighted by Crippen LogP contribution is 2.59. The Labute approximate surface area is 373 Å². The van der Waals surface area contributed by atoms with Gasteiger partial charge in [-0.1, -0.05) is 199 Å². The summed E-state index contributed by atoms with van der Waals surface area (Å²) >= 11 is 0. The number of para-hydroxylation sites is 1. The zero-order valence-electron chi connectivity index (χ0n) is 37.0. The Morgan fingerprint density at radius 2 is 0.812 bits per heavy atom. The van der Waals surface area contributed by atoms with Crippen molar-refractivity contribution in [2.75, 3.05) is 0 Å². The minimum Gasteiger partial charge on any atom is -0.247 e. The molecule has 0 N–H and O–H groups in total. The molecule has 0 unspecified atom stereocenters. The van der Waals surface area contributed by atoms with Crippen LogP contribution in [0.5, 0.6) is 0 Å². The number of aromatic nitrogens is 3. The average Bonchev–Trinajstić information content (AvgIpc) is 3.90. The van der Waals surface area contributed by atoms with Gasteiger partial charge in [0.25, 0.3) is 0 Å². The van der Waals surface area contributed by atoms with Crippen molar-refractivity contribution in [3.8, 4) is 78.1 Å². The lowest BCUT2D eigenvalue weighted by atomic mass is 9.67. The predicted molar refractivity (Wildman–Crippen MR) is 261 cm³/mol. The molecule has 308 valence electrons. The molecule has 3 heterocycles. The first kappa shape index (κ1) is 39.2. The van der Waals surface area contributed by atoms with Crippen LogP contribution < -0.4 is 10.7 Å². The van der Waals surface area contributed by atoms with Crippen LogP contribution in [-0.4, -0.2) is 15.4 Å². The van der Waals surface area contributed by atoms with Gasteiger partial charge in [-0.15, -0.1) is 10.2 Å². The molecule has 9 aromatic rings. The van der Waals surface area contributed by atoms with Gasteiger partial charge in [0.2, 0.25) is 0 Å². The fraction of sp³-hybridized carbons (Fsp3) is 0.136. The quantitative estimate of drug-likeness (QED) is 0.168. The fourth-order valence-electron chi connectivity index (χ4n) is 10.1. The maximum atomic E-state index is 5.68. The zero-order chi connectivity index (χ0) is 43.7. The summed E-state index contributed by atoms with van der Waals surface area (Å²) in [5, 5.41) is 19.1. The summed E-state index contributed by atoms with van der Waals surface area (Å²) in [7, 11) is 0. The van der Waals surface area contributed by atoms with Gasteiger partial charge < -0.3 is 0 Å². The van der Waals surface area contributed by atoms with Crippen molar-refractivity contribution >= 4 is 11.4 Å². The van der Waals surface area contributed by atoms with Crippen molar-refractivity contribution in [2.24, 2.45) is 9.98 Å². The smallest absolute Gasteiger partial charge is 0.106 e. The standard InChI is InChI=1S/C59H47N5/c1-58(2,3)52-47(37-24-12-8-13-25-37)56-50(49-46(61-56)35-34-44-42-31-20-21-33-45(42)60-55(44)49)51(53(52)59(4,5)6)57-48(54(62-64-63-57)38-26-14-9-15-27-38)43-32-19-18-30-41(43)40-29-17-16-28-39(40)36-22-10-7-11-23-36/h7-35H,1-6H3. The van der Waals surface area contributed by atoms with Gasteiger partial charge in [0.1, 0.15) is 11.4 Å². The molecule has 8 aromatic carbocycles. The van der Waals surface area contributed by atoms with Gasteiger partial charge in [0.05, 0.1) is 22.1 Å². The molecule has 64 heavy (non-hydrogen) atoms. The summed E-state index contributed by atoms with van der Waals surface area (Å²) in [5.74, 6) is 0. The number of hydrogen-bond acceptors (Lipinski definition) is 5. The third-order valence-electron chi connectivity index (χ3n) is 12.6. The second-order valence-electron chi connectivity index (χ2n) is 18.9. The molecule has 0 saturated carbocycles. The normalized spacial score (nSPS) is 12.5. The number of fused-ring (bicyclic) bond motifs is 6. The number of hydrogen-bond donors (Lipinski definition) is 0. The molecule has 0 fully saturated rings. The molecular formula is C59H47N5. The second kappa shape index (κ2) is 15.0. The maximum Gasteiger partial charge on any atom is 0.106 e. The van der Waals surface area contributed by atoms with E-state index in [0.29, 0.717) is 0 Å². The van der Waals surface area contributed by atoms with E-state index in [0.717, 1.165) is 111 Å². The van der Waals surface area contributed by atoms with E-state index in [1.807, 2.05) is 6.07 Å². The van der Waals surface area contributed by atoms with Crippen LogP contribution in [0.2, 0.25) is 0 Å². The molecular weight excluding hydrogens is 779 g/mol. The van der Waals surface area contributed by atoms with Crippen LogP contribution in [-0.2, 0) is 10.8 Å². The second-order valence-corrected chi connectivity index (χ2v) is 18.9. The molecule has 11 rings (SSSR count). The van der Waals surface area contributed by atoms with Crippen LogP contribution in [0.1, 0.15) is 52.7 Å². The molecule has 5 heteroatoms. The summed E-state index contributed by atoms with van der Waals surface area (Å²) in [5.41, 5.74) is 17.9. The molecule has 0 amide bonds. The fourth-order valence-corrected chi connectivity index (χ4v) is 10.1. The molecule has 0 aliphatic carbocycles. The average molecular weight is 826 g/mol. The van der Waals surface area contributed by atoms with Gasteiger partial charge in [-0.2, -0.15) is 0 Å². The van der Waals surface area contributed by atoms with Crippen LogP contribution in [0.25, 0.3) is 78.1 Å². The molecule has 0 radical (unpaired) electrons. The third kappa shape index (κ3) is 6.33. The summed E-state index contributed by atoms with van der Waals surface area (Å²) in [6.07, 6.45) is 0. The van der Waals surface area contributed by atoms with Crippen molar-refractivity contribution in [1.29, 1.82) is 0 Å². The van der Waals surface area contributed by atoms with Gasteiger partial charge in [-0.25, -0.2) is 9.98 Å². The molecule has 0 bridgehead atoms. The Balaban J connectivity index is 1.35. The highest BCUT2D eigenvalue weighted by Gasteiger charge is 2.40. The Morgan fingerprint density at radius 1 is 0.312 bits per heavy atom. The van der Waals surface area contributed by atoms with Gasteiger partial charge in [0, 0.05) is 43.8 Å². The predicted octanol–water partition coefficient (Wildman–Crippen LogP) is 14.0. The summed E-state index contributed by atoms with van der Waals surface area (Å²) < 4.78 is 0. The summed E-state index contributed by atoms with van der Waals surface area (Å²) in [4.78, 5) is 11.1. The van der Waals surface area contributed by atoms with Crippen molar-refractivity contribution in [1.82, 2.24) is 15.4 Å². The maximum absolute atomic E-state index is 5.68. The van der Waals surface area contributed by atoms with Crippen molar-refractivity contribution in [2.45, 2.75) is 52.4 Å². The molecule has 1 aromatic heterocycles. The number of benzene rings is 8. The van der Waals surface area contributed by atoms with E-state index in [4.69, 9.17) is 25.4 Å².